The van der Waals surface area contributed by atoms with Crippen LogP contribution in [0.3, 0.4) is 0 Å². The summed E-state index contributed by atoms with van der Waals surface area (Å²) in [5.74, 6) is -0.327. The van der Waals surface area contributed by atoms with Crippen molar-refractivity contribution in [1.29, 1.82) is 0 Å². The molecule has 1 N–H and O–H groups in total. The summed E-state index contributed by atoms with van der Waals surface area (Å²) in [6.07, 6.45) is 1.76. The molecule has 0 amide bonds. The van der Waals surface area contributed by atoms with Gasteiger partial charge in [-0.2, -0.15) is 0 Å². The lowest BCUT2D eigenvalue weighted by molar-refractivity contribution is -0.138. The van der Waals surface area contributed by atoms with Crippen molar-refractivity contribution in [3.8, 4) is 11.5 Å². The quantitative estimate of drug-likeness (QED) is 0.183. The highest BCUT2D eigenvalue weighted by Crippen LogP contribution is 2.35. The molecule has 1 atom stereocenters. The number of aromatic carboxylic acids is 1. The summed E-state index contributed by atoms with van der Waals surface area (Å²) in [7, 11) is 0. The average Bonchev–Trinajstić information content (AvgIpc) is 3.42. The van der Waals surface area contributed by atoms with E-state index in [1.165, 1.54) is 23.5 Å². The molecule has 242 valence electrons. The molecule has 6 rings (SSSR count). The van der Waals surface area contributed by atoms with Gasteiger partial charge in [-0.25, -0.2) is 14.6 Å². The van der Waals surface area contributed by atoms with E-state index in [1.54, 1.807) is 29.7 Å². The Morgan fingerprint density at radius 3 is 2.27 bits per heavy atom. The highest BCUT2D eigenvalue weighted by atomic mass is 32.1. The first kappa shape index (κ1) is 32.2. The number of hydrogen-bond donors (Lipinski definition) is 1. The first-order valence-electron chi connectivity index (χ1n) is 15.4. The molecule has 0 bridgehead atoms. The van der Waals surface area contributed by atoms with E-state index in [0.717, 1.165) is 11.1 Å². The van der Waals surface area contributed by atoms with Gasteiger partial charge in [-0.1, -0.05) is 84.1 Å². The van der Waals surface area contributed by atoms with Crippen molar-refractivity contribution in [2.75, 3.05) is 13.2 Å². The number of aromatic nitrogens is 1. The number of ether oxygens (including phenoxy) is 3. The van der Waals surface area contributed by atoms with E-state index in [0.29, 0.717) is 44.3 Å². The van der Waals surface area contributed by atoms with Gasteiger partial charge in [-0.3, -0.25) is 9.36 Å². The predicted octanol–water partition coefficient (Wildman–Crippen LogP) is 5.61. The molecular weight excluding hydrogens is 628 g/mol. The first-order chi connectivity index (χ1) is 23.4. The second-order valence-corrected chi connectivity index (χ2v) is 11.8. The van der Waals surface area contributed by atoms with Crippen LogP contribution < -0.4 is 24.4 Å². The number of carbonyl (C=O) groups is 2. The fourth-order valence-corrected chi connectivity index (χ4v) is 6.44. The summed E-state index contributed by atoms with van der Waals surface area (Å²) in [5.41, 5.74) is 3.49. The van der Waals surface area contributed by atoms with Crippen LogP contribution in [0.5, 0.6) is 11.5 Å². The molecule has 4 aromatic carbocycles. The Kier molecular flexibility index (Phi) is 9.63. The highest BCUT2D eigenvalue weighted by molar-refractivity contribution is 7.07. The standard InChI is InChI=1S/C38H32N2O7S/c1-3-45-29-20-18-26(19-21-29)34-32(37(44)46-4-2)33(25-10-6-5-7-11-25)39-38-40(34)35(41)31(48-38)22-28-12-8-9-13-30(28)47-23-24-14-16-27(17-15-24)36(42)43/h5-22,34H,3-4,23H2,1-2H3,(H,42,43)/b31-22-/t34-/m1/s1. The molecule has 5 aromatic rings. The van der Waals surface area contributed by atoms with Gasteiger partial charge in [0.25, 0.3) is 5.56 Å². The van der Waals surface area contributed by atoms with Crippen LogP contribution in [0.2, 0.25) is 0 Å². The zero-order valence-corrected chi connectivity index (χ0v) is 27.1. The maximum atomic E-state index is 14.3. The Morgan fingerprint density at radius 1 is 0.875 bits per heavy atom. The second-order valence-electron chi connectivity index (χ2n) is 10.8. The molecule has 0 spiro atoms. The van der Waals surface area contributed by atoms with Gasteiger partial charge in [0, 0.05) is 11.1 Å². The molecule has 2 heterocycles. The Balaban J connectivity index is 1.47. The molecule has 0 saturated carbocycles. The average molecular weight is 661 g/mol. The third-order valence-corrected chi connectivity index (χ3v) is 8.66. The highest BCUT2D eigenvalue weighted by Gasteiger charge is 2.35. The Morgan fingerprint density at radius 2 is 1.58 bits per heavy atom. The maximum Gasteiger partial charge on any atom is 0.338 e. The number of fused-ring (bicyclic) bond motifs is 1. The predicted molar refractivity (Wildman–Crippen MR) is 183 cm³/mol. The van der Waals surface area contributed by atoms with Crippen molar-refractivity contribution >= 4 is 35.0 Å². The number of esters is 1. The van der Waals surface area contributed by atoms with E-state index >= 15 is 0 Å². The van der Waals surface area contributed by atoms with E-state index in [4.69, 9.17) is 19.2 Å². The van der Waals surface area contributed by atoms with Gasteiger partial charge in [-0.15, -0.1) is 0 Å². The minimum Gasteiger partial charge on any atom is -0.494 e. The molecule has 0 fully saturated rings. The van der Waals surface area contributed by atoms with Crippen LogP contribution in [0.15, 0.2) is 118 Å². The normalized spacial score (nSPS) is 14.2. The van der Waals surface area contributed by atoms with Gasteiger partial charge >= 0.3 is 11.9 Å². The van der Waals surface area contributed by atoms with Gasteiger partial charge in [-0.05, 0) is 61.4 Å². The molecule has 1 aliphatic heterocycles. The van der Waals surface area contributed by atoms with E-state index < -0.39 is 18.0 Å². The largest absolute Gasteiger partial charge is 0.494 e. The van der Waals surface area contributed by atoms with Crippen molar-refractivity contribution in [3.63, 3.8) is 0 Å². The van der Waals surface area contributed by atoms with Crippen LogP contribution in [0.4, 0.5) is 0 Å². The number of hydrogen-bond acceptors (Lipinski definition) is 8. The second kappa shape index (κ2) is 14.4. The van der Waals surface area contributed by atoms with E-state index in [2.05, 4.69) is 0 Å². The summed E-state index contributed by atoms with van der Waals surface area (Å²) >= 11 is 1.23. The fraction of sp³-hybridized carbons (Fsp3) is 0.158. The van der Waals surface area contributed by atoms with Crippen LogP contribution >= 0.6 is 11.3 Å². The fourth-order valence-electron chi connectivity index (χ4n) is 5.45. The number of nitrogens with zero attached hydrogens (tertiary/aromatic N) is 2. The molecule has 9 nitrogen and oxygen atoms in total. The third-order valence-electron chi connectivity index (χ3n) is 7.68. The topological polar surface area (TPSA) is 116 Å². The van der Waals surface area contributed by atoms with E-state index in [1.807, 2.05) is 85.8 Å². The van der Waals surface area contributed by atoms with Crippen LogP contribution in [-0.4, -0.2) is 34.8 Å². The Hall–Kier alpha value is -5.74. The Labute approximate surface area is 280 Å². The molecule has 0 saturated heterocycles. The first-order valence-corrected chi connectivity index (χ1v) is 16.2. The van der Waals surface area contributed by atoms with Crippen molar-refractivity contribution in [1.82, 2.24) is 4.57 Å². The summed E-state index contributed by atoms with van der Waals surface area (Å²) in [5, 5.41) is 9.19. The zero-order chi connectivity index (χ0) is 33.6. The lowest BCUT2D eigenvalue weighted by Gasteiger charge is -2.26. The molecule has 1 aromatic heterocycles. The minimum absolute atomic E-state index is 0.158. The van der Waals surface area contributed by atoms with Crippen LogP contribution in [-0.2, 0) is 16.1 Å². The zero-order valence-electron chi connectivity index (χ0n) is 26.3. The smallest absolute Gasteiger partial charge is 0.338 e. The molecular formula is C38H32N2O7S. The SMILES string of the molecule is CCOC(=O)C1=C(c2ccccc2)N=c2s/c(=C\c3ccccc3OCc3ccc(C(=O)O)cc3)c(=O)n2[C@@H]1c1ccc(OCC)cc1. The van der Waals surface area contributed by atoms with Gasteiger partial charge in [0.05, 0.1) is 40.6 Å². The van der Waals surface area contributed by atoms with Gasteiger partial charge in [0.2, 0.25) is 0 Å². The third kappa shape index (κ3) is 6.70. The Bertz CT molecular complexity index is 2170. The van der Waals surface area contributed by atoms with Crippen molar-refractivity contribution in [3.05, 3.63) is 156 Å². The van der Waals surface area contributed by atoms with E-state index in [-0.39, 0.29) is 29.9 Å². The number of rotatable bonds is 11. The number of carboxylic acids is 1. The lowest BCUT2D eigenvalue weighted by Crippen LogP contribution is -2.40. The summed E-state index contributed by atoms with van der Waals surface area (Å²) in [6, 6.07) is 29.8. The molecule has 0 unspecified atom stereocenters. The number of carboxylic acid groups (broad SMARTS) is 1. The number of para-hydroxylation sites is 1. The van der Waals surface area contributed by atoms with Crippen molar-refractivity contribution in [2.45, 2.75) is 26.5 Å². The monoisotopic (exact) mass is 660 g/mol. The minimum atomic E-state index is -0.996. The van der Waals surface area contributed by atoms with Crippen molar-refractivity contribution < 1.29 is 28.9 Å². The number of thiazole rings is 1. The number of carbonyl (C=O) groups excluding carboxylic acids is 1. The van der Waals surface area contributed by atoms with Crippen LogP contribution in [0.1, 0.15) is 52.5 Å². The van der Waals surface area contributed by atoms with E-state index in [9.17, 15) is 19.5 Å². The van der Waals surface area contributed by atoms with Crippen molar-refractivity contribution in [2.24, 2.45) is 4.99 Å². The van der Waals surface area contributed by atoms with Crippen LogP contribution in [0.25, 0.3) is 11.8 Å². The van der Waals surface area contributed by atoms with Crippen LogP contribution in [0, 0.1) is 0 Å². The number of benzene rings is 4. The van der Waals surface area contributed by atoms with Gasteiger partial charge < -0.3 is 19.3 Å². The van der Waals surface area contributed by atoms with Gasteiger partial charge in [0.15, 0.2) is 4.80 Å². The molecule has 0 aliphatic carbocycles. The van der Waals surface area contributed by atoms with Gasteiger partial charge in [0.1, 0.15) is 18.1 Å². The molecule has 0 radical (unpaired) electrons. The summed E-state index contributed by atoms with van der Waals surface area (Å²) in [6.45, 7) is 4.51. The summed E-state index contributed by atoms with van der Waals surface area (Å²) in [4.78, 5) is 44.6. The molecule has 1 aliphatic rings. The molecule has 10 heteroatoms. The maximum absolute atomic E-state index is 14.3. The lowest BCUT2D eigenvalue weighted by atomic mass is 9.93. The molecule has 48 heavy (non-hydrogen) atoms. The summed E-state index contributed by atoms with van der Waals surface area (Å²) < 4.78 is 19.3.